The second kappa shape index (κ2) is 9.08. The van der Waals surface area contributed by atoms with Gasteiger partial charge in [0, 0.05) is 21.5 Å². The average molecular weight is 468 g/mol. The van der Waals surface area contributed by atoms with Gasteiger partial charge in [0.25, 0.3) is 0 Å². The molecule has 0 bridgehead atoms. The predicted octanol–water partition coefficient (Wildman–Crippen LogP) is 5.81. The second-order valence-corrected chi connectivity index (χ2v) is 9.77. The van der Waals surface area contributed by atoms with Gasteiger partial charge < -0.3 is 10.4 Å². The van der Waals surface area contributed by atoms with E-state index in [0.717, 1.165) is 34.4 Å². The topological polar surface area (TPSA) is 75.1 Å². The van der Waals surface area contributed by atoms with Crippen molar-refractivity contribution in [1.29, 1.82) is 0 Å². The van der Waals surface area contributed by atoms with Gasteiger partial charge in [0.05, 0.1) is 16.9 Å². The fourth-order valence-electron chi connectivity index (χ4n) is 3.47. The molecule has 0 radical (unpaired) electrons. The van der Waals surface area contributed by atoms with E-state index < -0.39 is 5.97 Å². The number of carboxylic acid groups (broad SMARTS) is 1. The van der Waals surface area contributed by atoms with Crippen LogP contribution in [0.5, 0.6) is 0 Å². The van der Waals surface area contributed by atoms with Gasteiger partial charge in [0.15, 0.2) is 0 Å². The number of benzene rings is 1. The Labute approximate surface area is 186 Å². The van der Waals surface area contributed by atoms with Crippen LogP contribution in [0.4, 0.5) is 5.82 Å². The number of hydrogen-bond donors (Lipinski definition) is 2. The predicted molar refractivity (Wildman–Crippen MR) is 122 cm³/mol. The first-order valence-electron chi connectivity index (χ1n) is 9.30. The van der Waals surface area contributed by atoms with Crippen LogP contribution in [0.3, 0.4) is 0 Å². The molecule has 0 aliphatic heterocycles. The average Bonchev–Trinajstić information content (AvgIpc) is 3.05. The van der Waals surface area contributed by atoms with Crippen molar-refractivity contribution in [3.05, 3.63) is 50.1 Å². The molecule has 9 heteroatoms. The largest absolute Gasteiger partial charge is 0.481 e. The Morgan fingerprint density at radius 1 is 1.24 bits per heavy atom. The van der Waals surface area contributed by atoms with Gasteiger partial charge in [-0.15, -0.1) is 23.1 Å². The molecule has 0 unspecified atom stereocenters. The number of fused-ring (bicyclic) bond motifs is 3. The van der Waals surface area contributed by atoms with E-state index in [1.54, 1.807) is 17.4 Å². The molecule has 0 spiro atoms. The highest BCUT2D eigenvalue weighted by Crippen LogP contribution is 2.39. The monoisotopic (exact) mass is 467 g/mol. The normalized spacial score (nSPS) is 13.4. The smallest absolute Gasteiger partial charge is 0.313 e. The number of rotatable bonds is 7. The highest BCUT2D eigenvalue weighted by molar-refractivity contribution is 7.99. The Morgan fingerprint density at radius 2 is 2.07 bits per heavy atom. The van der Waals surface area contributed by atoms with E-state index in [0.29, 0.717) is 28.2 Å². The summed E-state index contributed by atoms with van der Waals surface area (Å²) < 4.78 is 0. The number of thioether (sulfide) groups is 1. The van der Waals surface area contributed by atoms with Gasteiger partial charge >= 0.3 is 5.97 Å². The van der Waals surface area contributed by atoms with Crippen molar-refractivity contribution in [2.75, 3.05) is 11.1 Å². The molecule has 1 aliphatic rings. The zero-order chi connectivity index (χ0) is 20.4. The van der Waals surface area contributed by atoms with Crippen LogP contribution < -0.4 is 5.32 Å². The van der Waals surface area contributed by atoms with Gasteiger partial charge in [-0.1, -0.05) is 29.3 Å². The van der Waals surface area contributed by atoms with Crippen molar-refractivity contribution in [2.24, 2.45) is 0 Å². The Kier molecular flexibility index (Phi) is 6.49. The molecule has 0 saturated heterocycles. The second-order valence-electron chi connectivity index (χ2n) is 6.86. The van der Waals surface area contributed by atoms with Gasteiger partial charge in [0.2, 0.25) is 0 Å². The molecule has 0 amide bonds. The first-order valence-corrected chi connectivity index (χ1v) is 12.0. The maximum absolute atomic E-state index is 10.8. The third-order valence-corrected chi connectivity index (χ3v) is 7.47. The number of aryl methyl sites for hydroxylation is 2. The third kappa shape index (κ3) is 4.79. The van der Waals surface area contributed by atoms with Crippen LogP contribution in [0.25, 0.3) is 10.2 Å². The lowest BCUT2D eigenvalue weighted by molar-refractivity contribution is -0.133. The highest BCUT2D eigenvalue weighted by Gasteiger charge is 2.21. The maximum Gasteiger partial charge on any atom is 0.313 e. The van der Waals surface area contributed by atoms with Gasteiger partial charge in [0.1, 0.15) is 16.5 Å². The van der Waals surface area contributed by atoms with Gasteiger partial charge in [-0.2, -0.15) is 0 Å². The zero-order valence-corrected chi connectivity index (χ0v) is 18.6. The number of aromatic nitrogens is 2. The lowest BCUT2D eigenvalue weighted by atomic mass is 9.97. The van der Waals surface area contributed by atoms with Gasteiger partial charge in [-0.3, -0.25) is 4.79 Å². The number of halogens is 2. The number of aliphatic carboxylic acids is 1. The Hall–Kier alpha value is -1.54. The van der Waals surface area contributed by atoms with Crippen LogP contribution in [0.15, 0.2) is 18.2 Å². The molecule has 2 N–H and O–H groups in total. The SMILES string of the molecule is O=C(O)CSCc1nc(NCc2ccc(Cl)cc2Cl)c2c3c(sc2n1)CCCC3. The Balaban J connectivity index is 1.66. The first kappa shape index (κ1) is 20.7. The summed E-state index contributed by atoms with van der Waals surface area (Å²) in [7, 11) is 0. The molecule has 152 valence electrons. The molecule has 1 aromatic carbocycles. The van der Waals surface area contributed by atoms with Crippen molar-refractivity contribution < 1.29 is 9.90 Å². The quantitative estimate of drug-likeness (QED) is 0.456. The molecule has 0 saturated carbocycles. The number of anilines is 1. The zero-order valence-electron chi connectivity index (χ0n) is 15.5. The van der Waals surface area contributed by atoms with Crippen LogP contribution in [0.2, 0.25) is 10.0 Å². The van der Waals surface area contributed by atoms with Gasteiger partial charge in [-0.05, 0) is 48.9 Å². The van der Waals surface area contributed by atoms with E-state index in [2.05, 4.69) is 5.32 Å². The fraction of sp³-hybridized carbons (Fsp3) is 0.350. The summed E-state index contributed by atoms with van der Waals surface area (Å²) >= 11 is 15.4. The van der Waals surface area contributed by atoms with Crippen molar-refractivity contribution in [3.63, 3.8) is 0 Å². The Bertz CT molecular complexity index is 1070. The van der Waals surface area contributed by atoms with Crippen molar-refractivity contribution >= 4 is 68.3 Å². The number of nitrogens with zero attached hydrogens (tertiary/aromatic N) is 2. The lowest BCUT2D eigenvalue weighted by Crippen LogP contribution is -2.07. The molecule has 2 heterocycles. The van der Waals surface area contributed by atoms with Crippen LogP contribution in [-0.2, 0) is 29.9 Å². The summed E-state index contributed by atoms with van der Waals surface area (Å²) in [6.45, 7) is 0.522. The molecule has 4 rings (SSSR count). The van der Waals surface area contributed by atoms with E-state index in [1.165, 1.54) is 35.0 Å². The van der Waals surface area contributed by atoms with E-state index >= 15 is 0 Å². The Morgan fingerprint density at radius 3 is 2.86 bits per heavy atom. The van der Waals surface area contributed by atoms with Crippen molar-refractivity contribution in [3.8, 4) is 0 Å². The molecule has 3 aromatic rings. The van der Waals surface area contributed by atoms with E-state index in [9.17, 15) is 4.79 Å². The highest BCUT2D eigenvalue weighted by atomic mass is 35.5. The fourth-order valence-corrected chi connectivity index (χ4v) is 5.81. The van der Waals surface area contributed by atoms with Crippen molar-refractivity contribution in [1.82, 2.24) is 9.97 Å². The first-order chi connectivity index (χ1) is 14.0. The molecular formula is C20H19Cl2N3O2S2. The summed E-state index contributed by atoms with van der Waals surface area (Å²) in [5.74, 6) is 1.10. The number of carbonyl (C=O) groups is 1. The van der Waals surface area contributed by atoms with Crippen LogP contribution in [-0.4, -0.2) is 26.8 Å². The summed E-state index contributed by atoms with van der Waals surface area (Å²) in [5.41, 5.74) is 2.29. The molecular weight excluding hydrogens is 449 g/mol. The lowest BCUT2D eigenvalue weighted by Gasteiger charge is -2.14. The van der Waals surface area contributed by atoms with Crippen LogP contribution in [0, 0.1) is 0 Å². The number of hydrogen-bond acceptors (Lipinski definition) is 6. The number of nitrogens with one attached hydrogen (secondary N) is 1. The summed E-state index contributed by atoms with van der Waals surface area (Å²) in [6.07, 6.45) is 4.51. The van der Waals surface area contributed by atoms with Gasteiger partial charge in [-0.25, -0.2) is 9.97 Å². The standard InChI is InChI=1S/C20H19Cl2N3O2S2/c21-12-6-5-11(14(22)7-12)8-23-19-18-13-3-1-2-4-15(13)29-20(18)25-16(24-19)9-28-10-17(26)27/h5-7H,1-4,8-10H2,(H,26,27)(H,23,24,25). The number of carboxylic acids is 1. The summed E-state index contributed by atoms with van der Waals surface area (Å²) in [6, 6.07) is 5.46. The summed E-state index contributed by atoms with van der Waals surface area (Å²) in [4.78, 5) is 22.7. The molecule has 1 aliphatic carbocycles. The van der Waals surface area contributed by atoms with E-state index in [4.69, 9.17) is 38.3 Å². The number of thiophene rings is 1. The molecule has 0 fully saturated rings. The molecule has 29 heavy (non-hydrogen) atoms. The maximum atomic E-state index is 10.8. The van der Waals surface area contributed by atoms with Crippen LogP contribution >= 0.6 is 46.3 Å². The van der Waals surface area contributed by atoms with E-state index in [1.807, 2.05) is 12.1 Å². The minimum Gasteiger partial charge on any atom is -0.481 e. The molecule has 2 aromatic heterocycles. The molecule has 5 nitrogen and oxygen atoms in total. The third-order valence-electron chi connectivity index (χ3n) is 4.78. The van der Waals surface area contributed by atoms with Crippen molar-refractivity contribution in [2.45, 2.75) is 38.0 Å². The summed E-state index contributed by atoms with van der Waals surface area (Å²) in [5, 5.41) is 14.6. The minimum absolute atomic E-state index is 0.0332. The van der Waals surface area contributed by atoms with Crippen LogP contribution in [0.1, 0.15) is 34.7 Å². The molecule has 0 atom stereocenters. The minimum atomic E-state index is -0.835. The van der Waals surface area contributed by atoms with E-state index in [-0.39, 0.29) is 5.75 Å².